The number of carbonyl (C=O) groups excluding carboxylic acids is 1. The second kappa shape index (κ2) is 9.17. The third-order valence-electron chi connectivity index (χ3n) is 6.49. The fourth-order valence-electron chi connectivity index (χ4n) is 4.49. The maximum atomic E-state index is 15.7. The van der Waals surface area contributed by atoms with Crippen molar-refractivity contribution in [2.75, 3.05) is 6.54 Å². The summed E-state index contributed by atoms with van der Waals surface area (Å²) in [4.78, 5) is 14.5. The normalized spacial score (nSPS) is 23.1. The minimum atomic E-state index is -3.73. The van der Waals surface area contributed by atoms with Crippen molar-refractivity contribution in [3.8, 4) is 11.1 Å². The Labute approximate surface area is 206 Å². The second-order valence-corrected chi connectivity index (χ2v) is 12.6. The zero-order valence-electron chi connectivity index (χ0n) is 20.6. The van der Waals surface area contributed by atoms with E-state index in [0.29, 0.717) is 17.5 Å². The van der Waals surface area contributed by atoms with Crippen LogP contribution < -0.4 is 4.72 Å². The van der Waals surface area contributed by atoms with Gasteiger partial charge in [0.2, 0.25) is 5.00 Å². The van der Waals surface area contributed by atoms with E-state index in [2.05, 4.69) is 4.72 Å². The van der Waals surface area contributed by atoms with E-state index in [1.165, 1.54) is 4.90 Å². The van der Waals surface area contributed by atoms with Gasteiger partial charge in [0.1, 0.15) is 21.3 Å². The fourth-order valence-corrected chi connectivity index (χ4v) is 6.08. The van der Waals surface area contributed by atoms with Crippen LogP contribution in [0.25, 0.3) is 11.1 Å². The van der Waals surface area contributed by atoms with Gasteiger partial charge in [-0.25, -0.2) is 27.3 Å². The molecule has 0 bridgehead atoms. The SMILES string of the molecule is Cc1cccc(-c2cccc(C[C@H]3[C@@H](NS(=N)(=O)C4(F)CC4)CCN3C(=O)OC(C)(C)C)c2F)c1. The largest absolute Gasteiger partial charge is 0.444 e. The second-order valence-electron chi connectivity index (χ2n) is 10.5. The van der Waals surface area contributed by atoms with Crippen LogP contribution in [0.3, 0.4) is 0 Å². The summed E-state index contributed by atoms with van der Waals surface area (Å²) >= 11 is 0. The van der Waals surface area contributed by atoms with E-state index in [-0.39, 0.29) is 25.8 Å². The molecule has 0 spiro atoms. The lowest BCUT2D eigenvalue weighted by atomic mass is 9.95. The maximum Gasteiger partial charge on any atom is 0.410 e. The first-order valence-electron chi connectivity index (χ1n) is 11.9. The van der Waals surface area contributed by atoms with Gasteiger partial charge >= 0.3 is 6.09 Å². The summed E-state index contributed by atoms with van der Waals surface area (Å²) in [6, 6.07) is 11.4. The van der Waals surface area contributed by atoms with Gasteiger partial charge in [-0.3, -0.25) is 0 Å². The van der Waals surface area contributed by atoms with E-state index < -0.39 is 44.5 Å². The molecule has 2 aliphatic rings. The number of aryl methyl sites for hydroxylation is 1. The van der Waals surface area contributed by atoms with Crippen LogP contribution in [-0.4, -0.2) is 44.4 Å². The van der Waals surface area contributed by atoms with Crippen molar-refractivity contribution in [2.45, 2.75) is 76.1 Å². The van der Waals surface area contributed by atoms with E-state index in [1.54, 1.807) is 39.0 Å². The molecule has 1 saturated heterocycles. The maximum absolute atomic E-state index is 15.7. The highest BCUT2D eigenvalue weighted by Crippen LogP contribution is 2.45. The predicted molar refractivity (Wildman–Crippen MR) is 132 cm³/mol. The van der Waals surface area contributed by atoms with E-state index in [4.69, 9.17) is 9.52 Å². The molecule has 6 nitrogen and oxygen atoms in total. The third-order valence-corrected chi connectivity index (χ3v) is 8.56. The number of carbonyl (C=O) groups is 1. The highest BCUT2D eigenvalue weighted by molar-refractivity contribution is 7.92. The van der Waals surface area contributed by atoms with Crippen molar-refractivity contribution in [1.29, 1.82) is 4.78 Å². The summed E-state index contributed by atoms with van der Waals surface area (Å²) < 4.78 is 59.5. The average Bonchev–Trinajstić information content (AvgIpc) is 3.40. The number of nitrogens with zero attached hydrogens (tertiary/aromatic N) is 1. The van der Waals surface area contributed by atoms with Gasteiger partial charge in [0.05, 0.1) is 6.04 Å². The number of ether oxygens (including phenoxy) is 1. The Bertz CT molecular complexity index is 1220. The molecule has 190 valence electrons. The molecule has 1 amide bonds. The number of benzene rings is 2. The van der Waals surface area contributed by atoms with E-state index in [0.717, 1.165) is 11.1 Å². The minimum absolute atomic E-state index is 0.0721. The van der Waals surface area contributed by atoms with Crippen LogP contribution in [0.2, 0.25) is 0 Å². The molecule has 2 aromatic rings. The zero-order chi connectivity index (χ0) is 25.6. The Balaban J connectivity index is 1.65. The molecule has 0 radical (unpaired) electrons. The smallest absolute Gasteiger partial charge is 0.410 e. The van der Waals surface area contributed by atoms with Crippen LogP contribution in [0.5, 0.6) is 0 Å². The molecule has 1 aliphatic heterocycles. The first kappa shape index (κ1) is 25.6. The monoisotopic (exact) mass is 505 g/mol. The molecule has 4 rings (SSSR count). The van der Waals surface area contributed by atoms with Crippen molar-refractivity contribution >= 4 is 16.0 Å². The average molecular weight is 506 g/mol. The predicted octanol–water partition coefficient (Wildman–Crippen LogP) is 5.73. The molecule has 35 heavy (non-hydrogen) atoms. The summed E-state index contributed by atoms with van der Waals surface area (Å²) in [5, 5.41) is -2.05. The Hall–Kier alpha value is -2.52. The van der Waals surface area contributed by atoms with Crippen LogP contribution in [0.15, 0.2) is 42.5 Å². The summed E-state index contributed by atoms with van der Waals surface area (Å²) in [6.45, 7) is 7.48. The zero-order valence-corrected chi connectivity index (χ0v) is 21.4. The number of alkyl halides is 1. The van der Waals surface area contributed by atoms with Gasteiger partial charge in [-0.15, -0.1) is 0 Å². The number of hydrogen-bond acceptors (Lipinski definition) is 4. The molecule has 1 saturated carbocycles. The van der Waals surface area contributed by atoms with Gasteiger partial charge in [0.15, 0.2) is 0 Å². The summed E-state index contributed by atoms with van der Waals surface area (Å²) in [5.74, 6) is -0.399. The highest BCUT2D eigenvalue weighted by atomic mass is 32.2. The summed E-state index contributed by atoms with van der Waals surface area (Å²) in [7, 11) is -3.73. The van der Waals surface area contributed by atoms with Gasteiger partial charge < -0.3 is 9.64 Å². The van der Waals surface area contributed by atoms with Crippen LogP contribution in [0.1, 0.15) is 51.2 Å². The van der Waals surface area contributed by atoms with Gasteiger partial charge in [0.25, 0.3) is 0 Å². The molecule has 1 heterocycles. The Kier molecular flexibility index (Phi) is 6.70. The number of hydrogen-bond donors (Lipinski definition) is 2. The Morgan fingerprint density at radius 2 is 1.94 bits per heavy atom. The number of halogens is 2. The van der Waals surface area contributed by atoms with Gasteiger partial charge in [-0.05, 0) is 64.5 Å². The Morgan fingerprint density at radius 3 is 2.57 bits per heavy atom. The van der Waals surface area contributed by atoms with Gasteiger partial charge in [-0.2, -0.15) is 0 Å². The quantitative estimate of drug-likeness (QED) is 0.526. The topological polar surface area (TPSA) is 82.5 Å². The highest BCUT2D eigenvalue weighted by Gasteiger charge is 2.54. The Morgan fingerprint density at radius 1 is 1.26 bits per heavy atom. The first-order chi connectivity index (χ1) is 16.3. The van der Waals surface area contributed by atoms with Crippen molar-refractivity contribution in [3.05, 3.63) is 59.4 Å². The van der Waals surface area contributed by atoms with E-state index in [9.17, 15) is 13.4 Å². The number of amides is 1. The standard InChI is InChI=1S/C26H33F2N3O3S/c1-17-7-5-8-18(15-17)20-10-6-9-19(23(20)27)16-22-21(30-35(29,33)26(28)12-13-26)11-14-31(22)24(32)34-25(2,3)4/h5-10,15,21-22H,11-14,16H2,1-4H3,(H2,29,30,33)/t21-,22-,35?/m0/s1. The first-order valence-corrected chi connectivity index (χ1v) is 13.4. The number of rotatable bonds is 6. The van der Waals surface area contributed by atoms with Crippen LogP contribution >= 0.6 is 0 Å². The molecular formula is C26H33F2N3O3S. The molecule has 1 aliphatic carbocycles. The van der Waals surface area contributed by atoms with Crippen LogP contribution in [0.4, 0.5) is 13.6 Å². The number of likely N-dealkylation sites (tertiary alicyclic amines) is 1. The van der Waals surface area contributed by atoms with E-state index in [1.807, 2.05) is 31.2 Å². The van der Waals surface area contributed by atoms with Crippen LogP contribution in [0, 0.1) is 17.5 Å². The van der Waals surface area contributed by atoms with Crippen molar-refractivity contribution in [1.82, 2.24) is 9.62 Å². The fraction of sp³-hybridized carbons (Fsp3) is 0.500. The van der Waals surface area contributed by atoms with Crippen LogP contribution in [-0.2, 0) is 21.1 Å². The molecule has 2 aromatic carbocycles. The van der Waals surface area contributed by atoms with Gasteiger partial charge in [-0.1, -0.05) is 48.0 Å². The van der Waals surface area contributed by atoms with Crippen molar-refractivity contribution in [3.63, 3.8) is 0 Å². The third kappa shape index (κ3) is 5.51. The molecule has 2 N–H and O–H groups in total. The minimum Gasteiger partial charge on any atom is -0.444 e. The molecule has 1 unspecified atom stereocenters. The lowest BCUT2D eigenvalue weighted by molar-refractivity contribution is 0.0218. The summed E-state index contributed by atoms with van der Waals surface area (Å²) in [5.41, 5.74) is 1.85. The van der Waals surface area contributed by atoms with Crippen molar-refractivity contribution < 1.29 is 22.5 Å². The molecule has 3 atom stereocenters. The lowest BCUT2D eigenvalue weighted by Crippen LogP contribution is -2.50. The van der Waals surface area contributed by atoms with Crippen molar-refractivity contribution in [2.24, 2.45) is 0 Å². The molecule has 0 aromatic heterocycles. The molecule has 9 heteroatoms. The molecular weight excluding hydrogens is 472 g/mol. The summed E-state index contributed by atoms with van der Waals surface area (Å²) in [6.07, 6.45) is 0.0392. The molecule has 2 fully saturated rings. The number of nitrogens with one attached hydrogen (secondary N) is 2. The lowest BCUT2D eigenvalue weighted by Gasteiger charge is -2.31. The van der Waals surface area contributed by atoms with Gasteiger partial charge in [0, 0.05) is 18.2 Å². The van der Waals surface area contributed by atoms with E-state index >= 15 is 4.39 Å².